The lowest BCUT2D eigenvalue weighted by molar-refractivity contribution is 0.137. The van der Waals surface area contributed by atoms with Gasteiger partial charge in [0.2, 0.25) is 0 Å². The number of hydrogen-bond acceptors (Lipinski definition) is 3. The molecule has 21 heavy (non-hydrogen) atoms. The van der Waals surface area contributed by atoms with Crippen LogP contribution in [0.4, 0.5) is 0 Å². The van der Waals surface area contributed by atoms with Gasteiger partial charge in [0.05, 0.1) is 6.61 Å². The van der Waals surface area contributed by atoms with Gasteiger partial charge in [0.15, 0.2) is 0 Å². The molecule has 0 fully saturated rings. The van der Waals surface area contributed by atoms with Gasteiger partial charge in [0.1, 0.15) is 5.75 Å². The first-order chi connectivity index (χ1) is 9.86. The number of ether oxygens (including phenoxy) is 1. The maximum atomic E-state index is 5.87. The lowest BCUT2D eigenvalue weighted by atomic mass is 9.87. The van der Waals surface area contributed by atoms with Gasteiger partial charge in [-0.2, -0.15) is 0 Å². The molecule has 1 N–H and O–H groups in total. The number of halogens is 1. The molecule has 2 rings (SSSR count). The molecule has 0 aromatic heterocycles. The third-order valence-electron chi connectivity index (χ3n) is 4.71. The van der Waals surface area contributed by atoms with Crippen molar-refractivity contribution >= 4 is 15.9 Å². The van der Waals surface area contributed by atoms with Gasteiger partial charge in [0, 0.05) is 22.5 Å². The molecule has 3 nitrogen and oxygen atoms in total. The number of nitrogens with zero attached hydrogens (tertiary/aromatic N) is 1. The maximum Gasteiger partial charge on any atom is 0.125 e. The number of rotatable bonds is 6. The first kappa shape index (κ1) is 16.8. The van der Waals surface area contributed by atoms with E-state index in [9.17, 15) is 0 Å². The van der Waals surface area contributed by atoms with Crippen LogP contribution in [-0.2, 0) is 12.8 Å². The molecule has 1 aliphatic rings. The lowest BCUT2D eigenvalue weighted by Crippen LogP contribution is -2.56. The largest absolute Gasteiger partial charge is 0.493 e. The fourth-order valence-corrected chi connectivity index (χ4v) is 3.40. The smallest absolute Gasteiger partial charge is 0.125 e. The van der Waals surface area contributed by atoms with Crippen molar-refractivity contribution in [2.45, 2.75) is 45.2 Å². The molecule has 4 heteroatoms. The Morgan fingerprint density at radius 1 is 1.38 bits per heavy atom. The highest BCUT2D eigenvalue weighted by atomic mass is 79.9. The molecule has 0 spiro atoms. The van der Waals surface area contributed by atoms with Crippen LogP contribution in [0.5, 0.6) is 5.75 Å². The zero-order chi connectivity index (χ0) is 15.6. The second-order valence-corrected chi connectivity index (χ2v) is 7.43. The molecular formula is C17H27BrN2O. The van der Waals surface area contributed by atoms with Gasteiger partial charge in [-0.3, -0.25) is 0 Å². The van der Waals surface area contributed by atoms with Crippen molar-refractivity contribution in [1.29, 1.82) is 0 Å². The van der Waals surface area contributed by atoms with Crippen molar-refractivity contribution in [1.82, 2.24) is 10.2 Å². The van der Waals surface area contributed by atoms with Gasteiger partial charge in [-0.1, -0.05) is 22.9 Å². The van der Waals surface area contributed by atoms with Crippen LogP contribution in [0.2, 0.25) is 0 Å². The van der Waals surface area contributed by atoms with Gasteiger partial charge in [-0.05, 0) is 64.2 Å². The SMILES string of the molecule is CCNC(Cc1cc(Br)cc2c1OCC2)C(C)(C)N(C)C. The van der Waals surface area contributed by atoms with Crippen molar-refractivity contribution in [2.24, 2.45) is 0 Å². The van der Waals surface area contributed by atoms with Gasteiger partial charge >= 0.3 is 0 Å². The summed E-state index contributed by atoms with van der Waals surface area (Å²) in [5.41, 5.74) is 2.71. The van der Waals surface area contributed by atoms with E-state index in [2.05, 4.69) is 73.1 Å². The van der Waals surface area contributed by atoms with Crippen LogP contribution >= 0.6 is 15.9 Å². The molecule has 1 aromatic rings. The van der Waals surface area contributed by atoms with E-state index in [0.717, 1.165) is 36.2 Å². The van der Waals surface area contributed by atoms with E-state index < -0.39 is 0 Å². The summed E-state index contributed by atoms with van der Waals surface area (Å²) in [5.74, 6) is 1.11. The van der Waals surface area contributed by atoms with Gasteiger partial charge in [0.25, 0.3) is 0 Å². The molecule has 0 aliphatic carbocycles. The summed E-state index contributed by atoms with van der Waals surface area (Å²) in [6, 6.07) is 4.77. The van der Waals surface area contributed by atoms with Crippen LogP contribution in [0, 0.1) is 0 Å². The average molecular weight is 355 g/mol. The lowest BCUT2D eigenvalue weighted by Gasteiger charge is -2.41. The monoisotopic (exact) mass is 354 g/mol. The topological polar surface area (TPSA) is 24.5 Å². The highest BCUT2D eigenvalue weighted by Gasteiger charge is 2.32. The molecular weight excluding hydrogens is 328 g/mol. The van der Waals surface area contributed by atoms with Crippen LogP contribution in [0.3, 0.4) is 0 Å². The number of nitrogens with one attached hydrogen (secondary N) is 1. The molecule has 1 aromatic carbocycles. The van der Waals surface area contributed by atoms with E-state index in [-0.39, 0.29) is 5.54 Å². The summed E-state index contributed by atoms with van der Waals surface area (Å²) in [7, 11) is 4.29. The summed E-state index contributed by atoms with van der Waals surface area (Å²) in [4.78, 5) is 2.29. The van der Waals surface area contributed by atoms with Crippen LogP contribution in [-0.4, -0.2) is 43.7 Å². The molecule has 0 saturated carbocycles. The average Bonchev–Trinajstić information content (AvgIpc) is 2.85. The standard InChI is InChI=1S/C17H27BrN2O/c1-6-19-15(17(2,3)20(4)5)11-13-10-14(18)9-12-7-8-21-16(12)13/h9-10,15,19H,6-8,11H2,1-5H3. The summed E-state index contributed by atoms with van der Waals surface area (Å²) < 4.78 is 7.03. The highest BCUT2D eigenvalue weighted by molar-refractivity contribution is 9.10. The molecule has 118 valence electrons. The summed E-state index contributed by atoms with van der Waals surface area (Å²) in [6.45, 7) is 8.53. The molecule has 1 heterocycles. The number of benzene rings is 1. The Labute approximate surface area is 137 Å². The number of fused-ring (bicyclic) bond motifs is 1. The van der Waals surface area contributed by atoms with Crippen LogP contribution < -0.4 is 10.1 Å². The Bertz CT molecular complexity index is 500. The second kappa shape index (κ2) is 6.67. The Kier molecular flexibility index (Phi) is 5.33. The molecule has 1 aliphatic heterocycles. The minimum absolute atomic E-state index is 0.0732. The molecule has 0 bridgehead atoms. The molecule has 0 radical (unpaired) electrons. The third kappa shape index (κ3) is 3.61. The zero-order valence-corrected chi connectivity index (χ0v) is 15.4. The minimum atomic E-state index is 0.0732. The van der Waals surface area contributed by atoms with E-state index in [1.807, 2.05) is 0 Å². The Morgan fingerprint density at radius 2 is 2.10 bits per heavy atom. The Hall–Kier alpha value is -0.580. The van der Waals surface area contributed by atoms with Crippen molar-refractivity contribution in [3.05, 3.63) is 27.7 Å². The zero-order valence-electron chi connectivity index (χ0n) is 13.8. The predicted molar refractivity (Wildman–Crippen MR) is 92.3 cm³/mol. The quantitative estimate of drug-likeness (QED) is 0.848. The minimum Gasteiger partial charge on any atom is -0.493 e. The van der Waals surface area contributed by atoms with E-state index in [1.165, 1.54) is 11.1 Å². The van der Waals surface area contributed by atoms with E-state index in [1.54, 1.807) is 0 Å². The Balaban J connectivity index is 2.30. The van der Waals surface area contributed by atoms with Crippen molar-refractivity contribution < 1.29 is 4.74 Å². The first-order valence-electron chi connectivity index (χ1n) is 7.71. The van der Waals surface area contributed by atoms with Gasteiger partial charge in [-0.15, -0.1) is 0 Å². The molecule has 1 unspecified atom stereocenters. The maximum absolute atomic E-state index is 5.87. The number of likely N-dealkylation sites (N-methyl/N-ethyl adjacent to an activating group) is 2. The first-order valence-corrected chi connectivity index (χ1v) is 8.50. The Morgan fingerprint density at radius 3 is 2.71 bits per heavy atom. The van der Waals surface area contributed by atoms with Gasteiger partial charge < -0.3 is 15.0 Å². The van der Waals surface area contributed by atoms with Crippen LogP contribution in [0.15, 0.2) is 16.6 Å². The summed E-state index contributed by atoms with van der Waals surface area (Å²) >= 11 is 3.64. The molecule has 0 saturated heterocycles. The summed E-state index contributed by atoms with van der Waals surface area (Å²) in [5, 5.41) is 3.65. The third-order valence-corrected chi connectivity index (χ3v) is 5.16. The predicted octanol–water partition coefficient (Wildman–Crippen LogP) is 3.24. The van der Waals surface area contributed by atoms with Gasteiger partial charge in [-0.25, -0.2) is 0 Å². The molecule has 1 atom stereocenters. The van der Waals surface area contributed by atoms with E-state index in [4.69, 9.17) is 4.74 Å². The van der Waals surface area contributed by atoms with Crippen LogP contribution in [0.1, 0.15) is 31.9 Å². The van der Waals surface area contributed by atoms with Crippen molar-refractivity contribution in [3.63, 3.8) is 0 Å². The normalized spacial score (nSPS) is 16.0. The summed E-state index contributed by atoms with van der Waals surface area (Å²) in [6.07, 6.45) is 1.99. The van der Waals surface area contributed by atoms with Crippen molar-refractivity contribution in [3.8, 4) is 5.75 Å². The van der Waals surface area contributed by atoms with Crippen molar-refractivity contribution in [2.75, 3.05) is 27.2 Å². The highest BCUT2D eigenvalue weighted by Crippen LogP contribution is 2.35. The fraction of sp³-hybridized carbons (Fsp3) is 0.647. The molecule has 0 amide bonds. The fourth-order valence-electron chi connectivity index (χ4n) is 2.85. The van der Waals surface area contributed by atoms with E-state index in [0.29, 0.717) is 6.04 Å². The van der Waals surface area contributed by atoms with E-state index >= 15 is 0 Å². The second-order valence-electron chi connectivity index (χ2n) is 6.51. The van der Waals surface area contributed by atoms with Crippen LogP contribution in [0.25, 0.3) is 0 Å². The number of hydrogen-bond donors (Lipinski definition) is 1.